The van der Waals surface area contributed by atoms with Gasteiger partial charge in [-0.2, -0.15) is 0 Å². The second-order valence-corrected chi connectivity index (χ2v) is 7.16. The largest absolute Gasteiger partial charge is 0.340 e. The van der Waals surface area contributed by atoms with Crippen molar-refractivity contribution in [2.75, 3.05) is 13.1 Å². The molecule has 7 nitrogen and oxygen atoms in total. The molecule has 0 radical (unpaired) electrons. The SMILES string of the molecule is CCCC[C@H](CN(O)C=O)C(=O)N1CCC[C@H]1c1nc2cc(F)c(F)cc2[nH]1. The monoisotopic (exact) mass is 394 g/mol. The molecule has 1 aliphatic heterocycles. The summed E-state index contributed by atoms with van der Waals surface area (Å²) >= 11 is 0. The molecule has 28 heavy (non-hydrogen) atoms. The second-order valence-electron chi connectivity index (χ2n) is 7.16. The van der Waals surface area contributed by atoms with Crippen molar-refractivity contribution < 1.29 is 23.6 Å². The number of likely N-dealkylation sites (tertiary alicyclic amines) is 1. The standard InChI is InChI=1S/C19H24F2N4O3/c1-2-3-5-12(10-24(28)11-26)19(27)25-7-4-6-17(25)18-22-15-8-13(20)14(21)9-16(15)23-18/h8-9,11-12,17,28H,2-7,10H2,1H3,(H,22,23)/t12-,17+/m1/s1. The lowest BCUT2D eigenvalue weighted by atomic mass is 9.99. The van der Waals surface area contributed by atoms with Crippen LogP contribution in [-0.4, -0.2) is 50.5 Å². The van der Waals surface area contributed by atoms with Crippen LogP contribution in [0.2, 0.25) is 0 Å². The second kappa shape index (κ2) is 8.64. The number of nitrogens with one attached hydrogen (secondary N) is 1. The number of hydrogen-bond donors (Lipinski definition) is 2. The predicted octanol–water partition coefficient (Wildman–Crippen LogP) is 3.16. The third kappa shape index (κ3) is 4.14. The fourth-order valence-electron chi connectivity index (χ4n) is 3.74. The molecule has 0 bridgehead atoms. The number of hydroxylamine groups is 2. The van der Waals surface area contributed by atoms with Crippen LogP contribution < -0.4 is 0 Å². The molecular formula is C19H24F2N4O3. The van der Waals surface area contributed by atoms with Crippen molar-refractivity contribution in [3.05, 3.63) is 29.6 Å². The molecule has 0 unspecified atom stereocenters. The Morgan fingerprint density at radius 2 is 2.21 bits per heavy atom. The van der Waals surface area contributed by atoms with Crippen LogP contribution in [0.5, 0.6) is 0 Å². The van der Waals surface area contributed by atoms with Gasteiger partial charge in [-0.1, -0.05) is 19.8 Å². The summed E-state index contributed by atoms with van der Waals surface area (Å²) < 4.78 is 26.9. The summed E-state index contributed by atoms with van der Waals surface area (Å²) in [6.07, 6.45) is 3.97. The van der Waals surface area contributed by atoms with E-state index in [2.05, 4.69) is 9.97 Å². The van der Waals surface area contributed by atoms with E-state index < -0.39 is 17.6 Å². The fraction of sp³-hybridized carbons (Fsp3) is 0.526. The highest BCUT2D eigenvalue weighted by atomic mass is 19.2. The summed E-state index contributed by atoms with van der Waals surface area (Å²) in [6.45, 7) is 2.46. The van der Waals surface area contributed by atoms with Crippen molar-refractivity contribution in [2.24, 2.45) is 5.92 Å². The van der Waals surface area contributed by atoms with E-state index in [0.717, 1.165) is 31.4 Å². The minimum absolute atomic E-state index is 0.0674. The van der Waals surface area contributed by atoms with Crippen molar-refractivity contribution in [3.8, 4) is 0 Å². The van der Waals surface area contributed by atoms with Gasteiger partial charge in [0.2, 0.25) is 12.3 Å². The van der Waals surface area contributed by atoms with Crippen molar-refractivity contribution >= 4 is 23.4 Å². The molecule has 152 valence electrons. The van der Waals surface area contributed by atoms with Crippen LogP contribution in [0.3, 0.4) is 0 Å². The number of rotatable bonds is 8. The van der Waals surface area contributed by atoms with Gasteiger partial charge in [-0.15, -0.1) is 0 Å². The summed E-state index contributed by atoms with van der Waals surface area (Å²) in [5.74, 6) is -2.12. The molecule has 9 heteroatoms. The summed E-state index contributed by atoms with van der Waals surface area (Å²) in [7, 11) is 0. The number of aromatic amines is 1. The number of fused-ring (bicyclic) bond motifs is 1. The molecule has 2 atom stereocenters. The van der Waals surface area contributed by atoms with E-state index >= 15 is 0 Å². The van der Waals surface area contributed by atoms with E-state index in [9.17, 15) is 23.6 Å². The first-order chi connectivity index (χ1) is 13.4. The van der Waals surface area contributed by atoms with E-state index in [4.69, 9.17) is 0 Å². The molecule has 0 spiro atoms. The summed E-state index contributed by atoms with van der Waals surface area (Å²) in [5, 5.41) is 10.1. The highest BCUT2D eigenvalue weighted by Gasteiger charge is 2.36. The first-order valence-electron chi connectivity index (χ1n) is 9.50. The molecule has 0 aliphatic carbocycles. The summed E-state index contributed by atoms with van der Waals surface area (Å²) in [6, 6.07) is 1.75. The smallest absolute Gasteiger partial charge is 0.233 e. The minimum atomic E-state index is -0.971. The van der Waals surface area contributed by atoms with Gasteiger partial charge in [0, 0.05) is 18.7 Å². The average Bonchev–Trinajstić information content (AvgIpc) is 3.31. The number of hydrogen-bond acceptors (Lipinski definition) is 4. The minimum Gasteiger partial charge on any atom is -0.340 e. The molecule has 1 aromatic carbocycles. The summed E-state index contributed by atoms with van der Waals surface area (Å²) in [5.41, 5.74) is 0.677. The third-order valence-electron chi connectivity index (χ3n) is 5.18. The van der Waals surface area contributed by atoms with Crippen LogP contribution in [0, 0.1) is 17.6 Å². The van der Waals surface area contributed by atoms with Gasteiger partial charge in [0.25, 0.3) is 0 Å². The zero-order chi connectivity index (χ0) is 20.3. The molecular weight excluding hydrogens is 370 g/mol. The number of H-pyrrole nitrogens is 1. The van der Waals surface area contributed by atoms with Crippen LogP contribution in [0.1, 0.15) is 50.9 Å². The Morgan fingerprint density at radius 3 is 2.93 bits per heavy atom. The Balaban J connectivity index is 1.84. The van der Waals surface area contributed by atoms with Gasteiger partial charge in [-0.25, -0.2) is 18.8 Å². The molecule has 1 aromatic heterocycles. The van der Waals surface area contributed by atoms with Gasteiger partial charge < -0.3 is 9.88 Å². The van der Waals surface area contributed by atoms with E-state index in [1.165, 1.54) is 0 Å². The third-order valence-corrected chi connectivity index (χ3v) is 5.18. The Bertz CT molecular complexity index is 818. The number of carbonyl (C=O) groups is 2. The zero-order valence-electron chi connectivity index (χ0n) is 15.7. The average molecular weight is 394 g/mol. The normalized spacial score (nSPS) is 17.9. The highest BCUT2D eigenvalue weighted by Crippen LogP contribution is 2.33. The van der Waals surface area contributed by atoms with Gasteiger partial charge in [0.05, 0.1) is 29.5 Å². The topological polar surface area (TPSA) is 89.5 Å². The number of nitrogens with zero attached hydrogens (tertiary/aromatic N) is 3. The highest BCUT2D eigenvalue weighted by molar-refractivity contribution is 5.80. The molecule has 2 heterocycles. The maximum Gasteiger partial charge on any atom is 0.233 e. The molecule has 2 N–H and O–H groups in total. The zero-order valence-corrected chi connectivity index (χ0v) is 15.7. The molecule has 1 saturated heterocycles. The number of amides is 2. The number of aromatic nitrogens is 2. The van der Waals surface area contributed by atoms with Gasteiger partial charge in [0.15, 0.2) is 11.6 Å². The Morgan fingerprint density at radius 1 is 1.46 bits per heavy atom. The summed E-state index contributed by atoms with van der Waals surface area (Å²) in [4.78, 5) is 32.9. The van der Waals surface area contributed by atoms with Crippen LogP contribution in [0.25, 0.3) is 11.0 Å². The quantitative estimate of drug-likeness (QED) is 0.409. The maximum absolute atomic E-state index is 13.5. The Labute approximate surface area is 161 Å². The number of unbranched alkanes of at least 4 members (excludes halogenated alkanes) is 1. The van der Waals surface area contributed by atoms with Gasteiger partial charge in [-0.3, -0.25) is 14.8 Å². The van der Waals surface area contributed by atoms with Crippen molar-refractivity contribution in [1.29, 1.82) is 0 Å². The van der Waals surface area contributed by atoms with Crippen LogP contribution in [0.4, 0.5) is 8.78 Å². The van der Waals surface area contributed by atoms with Gasteiger partial charge in [0.1, 0.15) is 5.82 Å². The Kier molecular flexibility index (Phi) is 6.23. The predicted molar refractivity (Wildman–Crippen MR) is 97.3 cm³/mol. The van der Waals surface area contributed by atoms with E-state index in [0.29, 0.717) is 41.3 Å². The molecule has 1 aliphatic rings. The lowest BCUT2D eigenvalue weighted by Gasteiger charge is -2.29. The Hall–Kier alpha value is -2.55. The van der Waals surface area contributed by atoms with Crippen molar-refractivity contribution in [2.45, 2.75) is 45.1 Å². The van der Waals surface area contributed by atoms with Crippen LogP contribution in [-0.2, 0) is 9.59 Å². The number of benzene rings is 1. The van der Waals surface area contributed by atoms with Crippen molar-refractivity contribution in [3.63, 3.8) is 0 Å². The number of halogens is 2. The molecule has 2 aromatic rings. The van der Waals surface area contributed by atoms with Crippen LogP contribution in [0.15, 0.2) is 12.1 Å². The number of carbonyl (C=O) groups excluding carboxylic acids is 2. The van der Waals surface area contributed by atoms with Gasteiger partial charge >= 0.3 is 0 Å². The molecule has 0 saturated carbocycles. The first kappa shape index (κ1) is 20.2. The van der Waals surface area contributed by atoms with E-state index in [1.54, 1.807) is 4.90 Å². The van der Waals surface area contributed by atoms with Gasteiger partial charge in [-0.05, 0) is 19.3 Å². The first-order valence-corrected chi connectivity index (χ1v) is 9.50. The molecule has 1 fully saturated rings. The lowest BCUT2D eigenvalue weighted by Crippen LogP contribution is -2.40. The maximum atomic E-state index is 13.5. The number of imidazole rings is 1. The molecule has 2 amide bonds. The van der Waals surface area contributed by atoms with Crippen molar-refractivity contribution in [1.82, 2.24) is 19.9 Å². The lowest BCUT2D eigenvalue weighted by molar-refractivity contribution is -0.157. The van der Waals surface area contributed by atoms with E-state index in [-0.39, 0.29) is 24.9 Å². The van der Waals surface area contributed by atoms with E-state index in [1.807, 2.05) is 6.92 Å². The fourth-order valence-corrected chi connectivity index (χ4v) is 3.74. The van der Waals surface area contributed by atoms with Crippen LogP contribution >= 0.6 is 0 Å². The molecule has 3 rings (SSSR count).